The number of aromatic nitrogens is 5. The third-order valence-corrected chi connectivity index (χ3v) is 7.17. The second kappa shape index (κ2) is 10.4. The monoisotopic (exact) mass is 556 g/mol. The van der Waals surface area contributed by atoms with Gasteiger partial charge in [0.15, 0.2) is 5.82 Å². The van der Waals surface area contributed by atoms with Crippen LogP contribution in [0, 0.1) is 13.8 Å². The first-order valence-electron chi connectivity index (χ1n) is 12.2. The molecule has 0 aliphatic carbocycles. The fourth-order valence-electron chi connectivity index (χ4n) is 4.39. The predicted molar refractivity (Wildman–Crippen MR) is 152 cm³/mol. The average molecular weight is 557 g/mol. The van der Waals surface area contributed by atoms with E-state index in [0.717, 1.165) is 38.8 Å². The van der Waals surface area contributed by atoms with Crippen LogP contribution in [-0.4, -0.2) is 24.8 Å². The SMILES string of the molecule is Cc1cccc(Nc2nc3nonc3nc2N=NCc2cn(Cc3ccc(Cl)cc3Cl)c3ccccc23)c1C. The summed E-state index contributed by atoms with van der Waals surface area (Å²) in [5.74, 6) is 0.700. The van der Waals surface area contributed by atoms with Gasteiger partial charge in [0.25, 0.3) is 0 Å². The van der Waals surface area contributed by atoms with Crippen molar-refractivity contribution in [3.63, 3.8) is 0 Å². The van der Waals surface area contributed by atoms with E-state index in [1.165, 1.54) is 0 Å². The normalized spacial score (nSPS) is 11.7. The van der Waals surface area contributed by atoms with Gasteiger partial charge in [-0.25, -0.2) is 9.61 Å². The molecule has 9 nitrogen and oxygen atoms in total. The summed E-state index contributed by atoms with van der Waals surface area (Å²) in [5.41, 5.74) is 6.73. The number of fused-ring (bicyclic) bond motifs is 2. The summed E-state index contributed by atoms with van der Waals surface area (Å²) in [7, 11) is 0. The Kier molecular flexibility index (Phi) is 6.68. The van der Waals surface area contributed by atoms with Gasteiger partial charge in [-0.15, -0.1) is 5.11 Å². The minimum absolute atomic E-state index is 0.256. The fraction of sp³-hybridized carbons (Fsp3) is 0.143. The lowest BCUT2D eigenvalue weighted by Gasteiger charge is -2.11. The molecule has 3 aromatic carbocycles. The van der Waals surface area contributed by atoms with Gasteiger partial charge in [0.1, 0.15) is 0 Å². The Morgan fingerprint density at radius 1 is 0.923 bits per heavy atom. The topological polar surface area (TPSA) is 106 Å². The molecule has 0 bridgehead atoms. The van der Waals surface area contributed by atoms with Crippen LogP contribution in [0.25, 0.3) is 22.2 Å². The molecule has 3 aromatic heterocycles. The molecule has 0 fully saturated rings. The van der Waals surface area contributed by atoms with Crippen LogP contribution in [0.2, 0.25) is 10.0 Å². The third kappa shape index (κ3) is 5.06. The van der Waals surface area contributed by atoms with Gasteiger partial charge in [-0.05, 0) is 65.1 Å². The maximum absolute atomic E-state index is 6.45. The first-order valence-corrected chi connectivity index (χ1v) is 12.9. The summed E-state index contributed by atoms with van der Waals surface area (Å²) >= 11 is 12.5. The molecule has 0 spiro atoms. The lowest BCUT2D eigenvalue weighted by atomic mass is 10.1. The van der Waals surface area contributed by atoms with Crippen molar-refractivity contribution in [2.45, 2.75) is 26.9 Å². The van der Waals surface area contributed by atoms with E-state index in [9.17, 15) is 0 Å². The highest BCUT2D eigenvalue weighted by Crippen LogP contribution is 2.30. The van der Waals surface area contributed by atoms with Crippen molar-refractivity contribution in [3.8, 4) is 0 Å². The van der Waals surface area contributed by atoms with Gasteiger partial charge in [0.05, 0.1) is 6.54 Å². The molecule has 0 aliphatic rings. The number of nitrogens with one attached hydrogen (secondary N) is 1. The van der Waals surface area contributed by atoms with E-state index in [0.29, 0.717) is 29.0 Å². The number of anilines is 2. The maximum atomic E-state index is 6.45. The van der Waals surface area contributed by atoms with E-state index in [1.54, 1.807) is 6.07 Å². The molecule has 0 saturated heterocycles. The number of rotatable bonds is 7. The fourth-order valence-corrected chi connectivity index (χ4v) is 4.86. The van der Waals surface area contributed by atoms with Gasteiger partial charge in [-0.1, -0.05) is 59.6 Å². The van der Waals surface area contributed by atoms with Crippen LogP contribution in [0.1, 0.15) is 22.3 Å². The van der Waals surface area contributed by atoms with Gasteiger partial charge >= 0.3 is 0 Å². The molecule has 0 atom stereocenters. The molecule has 0 saturated carbocycles. The number of para-hydroxylation sites is 1. The van der Waals surface area contributed by atoms with Crippen LogP contribution < -0.4 is 5.32 Å². The van der Waals surface area contributed by atoms with Gasteiger partial charge in [0.2, 0.25) is 17.1 Å². The smallest absolute Gasteiger partial charge is 0.245 e. The molecular weight excluding hydrogens is 535 g/mol. The number of hydrogen-bond acceptors (Lipinski definition) is 8. The Morgan fingerprint density at radius 2 is 1.74 bits per heavy atom. The van der Waals surface area contributed by atoms with E-state index < -0.39 is 0 Å². The minimum Gasteiger partial charge on any atom is -0.343 e. The lowest BCUT2D eigenvalue weighted by Crippen LogP contribution is -1.99. The Morgan fingerprint density at radius 3 is 2.59 bits per heavy atom. The zero-order valence-electron chi connectivity index (χ0n) is 21.1. The summed E-state index contributed by atoms with van der Waals surface area (Å²) in [6, 6.07) is 19.7. The highest BCUT2D eigenvalue weighted by molar-refractivity contribution is 6.35. The Labute approximate surface area is 233 Å². The second-order valence-electron chi connectivity index (χ2n) is 9.11. The van der Waals surface area contributed by atoms with E-state index in [-0.39, 0.29) is 17.1 Å². The molecule has 0 aliphatic heterocycles. The summed E-state index contributed by atoms with van der Waals surface area (Å²) in [4.78, 5) is 8.99. The number of halogens is 2. The molecule has 11 heteroatoms. The number of hydrogen-bond donors (Lipinski definition) is 1. The zero-order valence-corrected chi connectivity index (χ0v) is 22.6. The molecule has 3 heterocycles. The Bertz CT molecular complexity index is 1860. The summed E-state index contributed by atoms with van der Waals surface area (Å²) < 4.78 is 6.96. The molecule has 6 aromatic rings. The molecule has 194 valence electrons. The molecule has 6 rings (SSSR count). The van der Waals surface area contributed by atoms with E-state index in [2.05, 4.69) is 71.7 Å². The standard InChI is InChI=1S/C28H22Cl2N8O/c1-16-6-5-8-23(17(16)2)32-25-26(34-28-27(33-25)36-39-37-28)35-31-13-19-15-38(24-9-4-3-7-21(19)24)14-18-10-11-20(29)12-22(18)30/h3-12,15H,13-14H2,1-2H3,(H,32,33,36). The number of nitrogens with zero attached hydrogens (tertiary/aromatic N) is 7. The van der Waals surface area contributed by atoms with Crippen LogP contribution in [0.4, 0.5) is 17.3 Å². The zero-order chi connectivity index (χ0) is 26.9. The van der Waals surface area contributed by atoms with Crippen molar-refractivity contribution >= 4 is 62.7 Å². The third-order valence-electron chi connectivity index (χ3n) is 6.59. The summed E-state index contributed by atoms with van der Waals surface area (Å²) in [5, 5.41) is 22.2. The molecule has 0 unspecified atom stereocenters. The molecule has 0 radical (unpaired) electrons. The first-order chi connectivity index (χ1) is 19.0. The average Bonchev–Trinajstić information content (AvgIpc) is 3.52. The minimum atomic E-state index is 0.256. The number of benzene rings is 3. The van der Waals surface area contributed by atoms with Crippen molar-refractivity contribution in [2.75, 3.05) is 5.32 Å². The van der Waals surface area contributed by atoms with Gasteiger partial charge < -0.3 is 9.88 Å². The highest BCUT2D eigenvalue weighted by atomic mass is 35.5. The van der Waals surface area contributed by atoms with Crippen molar-refractivity contribution in [3.05, 3.63) is 99.2 Å². The maximum Gasteiger partial charge on any atom is 0.245 e. The van der Waals surface area contributed by atoms with Crippen LogP contribution >= 0.6 is 23.2 Å². The van der Waals surface area contributed by atoms with Crippen molar-refractivity contribution in [1.82, 2.24) is 24.8 Å². The first kappa shape index (κ1) is 25.0. The van der Waals surface area contributed by atoms with Gasteiger partial charge in [0, 0.05) is 44.9 Å². The quantitative estimate of drug-likeness (QED) is 0.200. The molecule has 1 N–H and O–H groups in total. The molecule has 39 heavy (non-hydrogen) atoms. The number of aryl methyl sites for hydroxylation is 1. The Balaban J connectivity index is 1.31. The van der Waals surface area contributed by atoms with Crippen LogP contribution in [-0.2, 0) is 13.1 Å². The van der Waals surface area contributed by atoms with E-state index in [4.69, 9.17) is 27.8 Å². The van der Waals surface area contributed by atoms with Crippen molar-refractivity contribution in [2.24, 2.45) is 10.2 Å². The van der Waals surface area contributed by atoms with Crippen LogP contribution in [0.3, 0.4) is 0 Å². The van der Waals surface area contributed by atoms with Crippen molar-refractivity contribution in [1.29, 1.82) is 0 Å². The second-order valence-corrected chi connectivity index (χ2v) is 9.96. The Hall–Kier alpha value is -4.34. The van der Waals surface area contributed by atoms with Crippen molar-refractivity contribution < 1.29 is 4.63 Å². The number of azo groups is 1. The lowest BCUT2D eigenvalue weighted by molar-refractivity contribution is 0.314. The van der Waals surface area contributed by atoms with Gasteiger partial charge in [-0.2, -0.15) is 10.1 Å². The van der Waals surface area contributed by atoms with Gasteiger partial charge in [-0.3, -0.25) is 0 Å². The molecule has 0 amide bonds. The summed E-state index contributed by atoms with van der Waals surface area (Å²) in [6.07, 6.45) is 2.07. The summed E-state index contributed by atoms with van der Waals surface area (Å²) in [6.45, 7) is 5.02. The van der Waals surface area contributed by atoms with E-state index >= 15 is 0 Å². The van der Waals surface area contributed by atoms with E-state index in [1.807, 2.05) is 43.3 Å². The predicted octanol–water partition coefficient (Wildman–Crippen LogP) is 7.97. The van der Waals surface area contributed by atoms with Crippen LogP contribution in [0.15, 0.2) is 81.7 Å². The molecular formula is C28H22Cl2N8O. The highest BCUT2D eigenvalue weighted by Gasteiger charge is 2.15. The largest absolute Gasteiger partial charge is 0.343 e. The van der Waals surface area contributed by atoms with Crippen LogP contribution in [0.5, 0.6) is 0 Å².